The van der Waals surface area contributed by atoms with E-state index in [1.54, 1.807) is 0 Å². The fourth-order valence-electron chi connectivity index (χ4n) is 2.86. The van der Waals surface area contributed by atoms with Crippen LogP contribution in [0.25, 0.3) is 10.9 Å². The van der Waals surface area contributed by atoms with Gasteiger partial charge in [0.1, 0.15) is 0 Å². The van der Waals surface area contributed by atoms with E-state index in [4.69, 9.17) is 5.73 Å². The number of rotatable bonds is 4. The van der Waals surface area contributed by atoms with Crippen LogP contribution in [0.3, 0.4) is 0 Å². The molecule has 17 heavy (non-hydrogen) atoms. The van der Waals surface area contributed by atoms with Crippen LogP contribution < -0.4 is 5.73 Å². The van der Waals surface area contributed by atoms with Crippen molar-refractivity contribution < 1.29 is 0 Å². The van der Waals surface area contributed by atoms with Crippen molar-refractivity contribution in [3.05, 3.63) is 36.0 Å². The van der Waals surface area contributed by atoms with E-state index in [2.05, 4.69) is 41.8 Å². The highest BCUT2D eigenvalue weighted by Gasteiger charge is 2.42. The third-order valence-corrected chi connectivity index (χ3v) is 4.14. The first-order valence-electron chi connectivity index (χ1n) is 6.49. The Morgan fingerprint density at radius 2 is 2.06 bits per heavy atom. The van der Waals surface area contributed by atoms with E-state index in [0.717, 1.165) is 13.1 Å². The summed E-state index contributed by atoms with van der Waals surface area (Å²) < 4.78 is 2.47. The normalized spacial score (nSPS) is 17.5. The molecule has 2 heteroatoms. The molecule has 2 aromatic rings. The zero-order chi connectivity index (χ0) is 11.9. The van der Waals surface area contributed by atoms with Gasteiger partial charge in [-0.05, 0) is 55.7 Å². The Morgan fingerprint density at radius 1 is 1.29 bits per heavy atom. The zero-order valence-electron chi connectivity index (χ0n) is 10.4. The Morgan fingerprint density at radius 3 is 2.76 bits per heavy atom. The Hall–Kier alpha value is -1.28. The van der Waals surface area contributed by atoms with Crippen LogP contribution in [-0.4, -0.2) is 11.1 Å². The second-order valence-corrected chi connectivity index (χ2v) is 5.47. The molecule has 0 amide bonds. The number of hydrogen-bond acceptors (Lipinski definition) is 1. The molecule has 0 spiro atoms. The van der Waals surface area contributed by atoms with E-state index in [1.165, 1.54) is 35.9 Å². The third-order valence-electron chi connectivity index (χ3n) is 4.14. The number of nitrogens with zero attached hydrogens (tertiary/aromatic N) is 1. The molecule has 0 atom stereocenters. The predicted octanol–water partition coefficient (Wildman–Crippen LogP) is 3.08. The van der Waals surface area contributed by atoms with Crippen molar-refractivity contribution in [1.82, 2.24) is 4.57 Å². The van der Waals surface area contributed by atoms with Crippen LogP contribution in [0.4, 0.5) is 0 Å². The van der Waals surface area contributed by atoms with Gasteiger partial charge in [0, 0.05) is 17.8 Å². The number of fused-ring (bicyclic) bond motifs is 1. The molecule has 1 heterocycles. The summed E-state index contributed by atoms with van der Waals surface area (Å²) in [5.74, 6) is 0. The van der Waals surface area contributed by atoms with Crippen molar-refractivity contribution in [1.29, 1.82) is 0 Å². The standard InChI is InChI=1S/C15H20N2/c1-12-10-13-4-2-3-5-14(13)17(12)11-15(6-7-15)8-9-16/h2-5,10H,6-9,11,16H2,1H3. The van der Waals surface area contributed by atoms with Crippen LogP contribution in [0.2, 0.25) is 0 Å². The van der Waals surface area contributed by atoms with Gasteiger partial charge in [0.15, 0.2) is 0 Å². The lowest BCUT2D eigenvalue weighted by Crippen LogP contribution is -2.16. The van der Waals surface area contributed by atoms with Crippen molar-refractivity contribution >= 4 is 10.9 Å². The second kappa shape index (κ2) is 3.88. The van der Waals surface area contributed by atoms with Crippen LogP contribution in [0.15, 0.2) is 30.3 Å². The average molecular weight is 228 g/mol. The molecule has 0 aliphatic heterocycles. The summed E-state index contributed by atoms with van der Waals surface area (Å²) in [5, 5.41) is 1.36. The van der Waals surface area contributed by atoms with E-state index in [0.29, 0.717) is 5.41 Å². The summed E-state index contributed by atoms with van der Waals surface area (Å²) >= 11 is 0. The molecule has 0 saturated heterocycles. The highest BCUT2D eigenvalue weighted by Crippen LogP contribution is 2.50. The number of nitrogens with two attached hydrogens (primary N) is 1. The molecular formula is C15H20N2. The molecule has 2 N–H and O–H groups in total. The van der Waals surface area contributed by atoms with E-state index < -0.39 is 0 Å². The molecule has 1 aromatic heterocycles. The van der Waals surface area contributed by atoms with Gasteiger partial charge in [-0.15, -0.1) is 0 Å². The zero-order valence-corrected chi connectivity index (χ0v) is 10.4. The molecule has 1 aliphatic carbocycles. The first-order chi connectivity index (χ1) is 8.24. The molecule has 1 aromatic carbocycles. The highest BCUT2D eigenvalue weighted by atomic mass is 15.0. The van der Waals surface area contributed by atoms with Gasteiger partial charge in [-0.25, -0.2) is 0 Å². The van der Waals surface area contributed by atoms with Crippen LogP contribution in [0.1, 0.15) is 25.0 Å². The van der Waals surface area contributed by atoms with Crippen molar-refractivity contribution in [3.63, 3.8) is 0 Å². The maximum Gasteiger partial charge on any atom is 0.0482 e. The molecular weight excluding hydrogens is 208 g/mol. The third kappa shape index (κ3) is 1.87. The summed E-state index contributed by atoms with van der Waals surface area (Å²) in [5.41, 5.74) is 8.97. The minimum absolute atomic E-state index is 0.501. The van der Waals surface area contributed by atoms with Crippen molar-refractivity contribution in [2.24, 2.45) is 11.1 Å². The van der Waals surface area contributed by atoms with Crippen molar-refractivity contribution in [2.45, 2.75) is 32.7 Å². The number of para-hydroxylation sites is 1. The number of benzene rings is 1. The summed E-state index contributed by atoms with van der Waals surface area (Å²) in [6, 6.07) is 10.9. The van der Waals surface area contributed by atoms with E-state index >= 15 is 0 Å². The molecule has 1 saturated carbocycles. The van der Waals surface area contributed by atoms with Gasteiger partial charge in [-0.2, -0.15) is 0 Å². The SMILES string of the molecule is Cc1cc2ccccc2n1CC1(CCN)CC1. The lowest BCUT2D eigenvalue weighted by molar-refractivity contribution is 0.401. The Labute approximate surface area is 102 Å². The van der Waals surface area contributed by atoms with Gasteiger partial charge >= 0.3 is 0 Å². The smallest absolute Gasteiger partial charge is 0.0482 e. The van der Waals surface area contributed by atoms with Gasteiger partial charge in [-0.1, -0.05) is 18.2 Å². The van der Waals surface area contributed by atoms with E-state index in [-0.39, 0.29) is 0 Å². The molecule has 2 nitrogen and oxygen atoms in total. The number of hydrogen-bond donors (Lipinski definition) is 1. The molecule has 0 unspecified atom stereocenters. The number of aryl methyl sites for hydroxylation is 1. The van der Waals surface area contributed by atoms with Gasteiger partial charge in [0.25, 0.3) is 0 Å². The summed E-state index contributed by atoms with van der Waals surface area (Å²) in [6.45, 7) is 4.17. The van der Waals surface area contributed by atoms with Crippen LogP contribution in [-0.2, 0) is 6.54 Å². The van der Waals surface area contributed by atoms with Crippen molar-refractivity contribution in [3.8, 4) is 0 Å². The Balaban J connectivity index is 1.97. The minimum Gasteiger partial charge on any atom is -0.344 e. The lowest BCUT2D eigenvalue weighted by atomic mass is 10.0. The molecule has 1 fully saturated rings. The van der Waals surface area contributed by atoms with Gasteiger partial charge in [0.2, 0.25) is 0 Å². The second-order valence-electron chi connectivity index (χ2n) is 5.47. The fraction of sp³-hybridized carbons (Fsp3) is 0.467. The monoisotopic (exact) mass is 228 g/mol. The maximum absolute atomic E-state index is 5.73. The molecule has 3 rings (SSSR count). The lowest BCUT2D eigenvalue weighted by Gasteiger charge is -2.17. The van der Waals surface area contributed by atoms with Crippen LogP contribution in [0.5, 0.6) is 0 Å². The topological polar surface area (TPSA) is 30.9 Å². The van der Waals surface area contributed by atoms with Gasteiger partial charge in [-0.3, -0.25) is 0 Å². The largest absolute Gasteiger partial charge is 0.344 e. The summed E-state index contributed by atoms with van der Waals surface area (Å²) in [7, 11) is 0. The van der Waals surface area contributed by atoms with Gasteiger partial charge in [0.05, 0.1) is 0 Å². The van der Waals surface area contributed by atoms with E-state index in [9.17, 15) is 0 Å². The molecule has 1 aliphatic rings. The molecule has 0 radical (unpaired) electrons. The average Bonchev–Trinajstić information content (AvgIpc) is 3.00. The minimum atomic E-state index is 0.501. The molecule has 0 bridgehead atoms. The first kappa shape index (κ1) is 10.8. The highest BCUT2D eigenvalue weighted by molar-refractivity contribution is 5.81. The maximum atomic E-state index is 5.73. The van der Waals surface area contributed by atoms with Crippen LogP contribution in [0, 0.1) is 12.3 Å². The summed E-state index contributed by atoms with van der Waals surface area (Å²) in [4.78, 5) is 0. The summed E-state index contributed by atoms with van der Waals surface area (Å²) in [6.07, 6.45) is 3.85. The Bertz CT molecular complexity index is 535. The predicted molar refractivity (Wildman–Crippen MR) is 72.0 cm³/mol. The van der Waals surface area contributed by atoms with E-state index in [1.807, 2.05) is 0 Å². The Kier molecular flexibility index (Phi) is 2.48. The number of aromatic nitrogens is 1. The first-order valence-corrected chi connectivity index (χ1v) is 6.49. The van der Waals surface area contributed by atoms with Crippen molar-refractivity contribution in [2.75, 3.05) is 6.54 Å². The quantitative estimate of drug-likeness (QED) is 0.856. The van der Waals surface area contributed by atoms with Crippen LogP contribution >= 0.6 is 0 Å². The fourth-order valence-corrected chi connectivity index (χ4v) is 2.86. The van der Waals surface area contributed by atoms with Gasteiger partial charge < -0.3 is 10.3 Å². The molecule has 90 valence electrons.